The van der Waals surface area contributed by atoms with Crippen molar-refractivity contribution in [3.63, 3.8) is 0 Å². The molecular weight excluding hydrogens is 364 g/mol. The predicted octanol–water partition coefficient (Wildman–Crippen LogP) is 5.46. The van der Waals surface area contributed by atoms with E-state index < -0.39 is 5.91 Å². The van der Waals surface area contributed by atoms with E-state index in [1.165, 1.54) is 0 Å². The third kappa shape index (κ3) is 5.86. The number of nitrogens with one attached hydrogen (secondary N) is 1. The normalized spacial score (nSPS) is 11.3. The molecule has 2 aromatic carbocycles. The molecule has 1 amide bonds. The van der Waals surface area contributed by atoms with E-state index >= 15 is 0 Å². The summed E-state index contributed by atoms with van der Waals surface area (Å²) in [4.78, 5) is 12.7. The highest BCUT2D eigenvalue weighted by Gasteiger charge is 2.14. The van der Waals surface area contributed by atoms with E-state index in [0.29, 0.717) is 11.4 Å². The number of benzene rings is 2. The molecule has 0 aromatic heterocycles. The van der Waals surface area contributed by atoms with Crippen molar-refractivity contribution in [1.29, 1.82) is 5.26 Å². The highest BCUT2D eigenvalue weighted by atomic mass is 16.5. The fourth-order valence-corrected chi connectivity index (χ4v) is 2.92. The van der Waals surface area contributed by atoms with Crippen LogP contribution in [0.15, 0.2) is 42.0 Å². The van der Waals surface area contributed by atoms with Crippen molar-refractivity contribution in [2.45, 2.75) is 46.6 Å². The van der Waals surface area contributed by atoms with Crippen molar-refractivity contribution < 1.29 is 14.3 Å². The van der Waals surface area contributed by atoms with E-state index in [1.54, 1.807) is 31.4 Å². The number of carbonyl (C=O) groups is 1. The van der Waals surface area contributed by atoms with E-state index in [4.69, 9.17) is 9.47 Å². The fourth-order valence-electron chi connectivity index (χ4n) is 2.92. The monoisotopic (exact) mass is 392 g/mol. The van der Waals surface area contributed by atoms with Crippen LogP contribution in [0.25, 0.3) is 6.08 Å². The summed E-state index contributed by atoms with van der Waals surface area (Å²) in [5, 5.41) is 12.3. The molecule has 29 heavy (non-hydrogen) atoms. The average Bonchev–Trinajstić information content (AvgIpc) is 2.66. The molecule has 0 atom stereocenters. The topological polar surface area (TPSA) is 71.3 Å². The van der Waals surface area contributed by atoms with Gasteiger partial charge in [-0.2, -0.15) is 5.26 Å². The number of amides is 1. The molecule has 0 aliphatic rings. The second-order valence-corrected chi connectivity index (χ2v) is 7.42. The van der Waals surface area contributed by atoms with Gasteiger partial charge < -0.3 is 14.8 Å². The molecule has 0 radical (unpaired) electrons. The van der Waals surface area contributed by atoms with Crippen molar-refractivity contribution in [1.82, 2.24) is 0 Å². The number of ether oxygens (including phenoxy) is 2. The lowest BCUT2D eigenvalue weighted by molar-refractivity contribution is -0.112. The minimum atomic E-state index is -0.462. The first kappa shape index (κ1) is 22.0. The summed E-state index contributed by atoms with van der Waals surface area (Å²) in [6, 6.07) is 13.0. The third-order valence-corrected chi connectivity index (χ3v) is 4.37. The maximum atomic E-state index is 12.7. The molecule has 152 valence electrons. The molecule has 0 aliphatic heterocycles. The second kappa shape index (κ2) is 9.79. The third-order valence-electron chi connectivity index (χ3n) is 4.37. The molecule has 2 rings (SSSR count). The molecule has 0 bridgehead atoms. The SMILES string of the molecule is COc1cc(C)c(/C=C(/C#N)C(=O)Nc2cccc(OC(C)C)c2)cc1C(C)C. The van der Waals surface area contributed by atoms with E-state index in [1.807, 2.05) is 45.0 Å². The van der Waals surface area contributed by atoms with Gasteiger partial charge in [0, 0.05) is 11.8 Å². The smallest absolute Gasteiger partial charge is 0.266 e. The summed E-state index contributed by atoms with van der Waals surface area (Å²) in [6.07, 6.45) is 1.65. The van der Waals surface area contributed by atoms with Gasteiger partial charge in [0.2, 0.25) is 0 Å². The number of hydrogen-bond acceptors (Lipinski definition) is 4. The molecule has 0 saturated heterocycles. The number of anilines is 1. The van der Waals surface area contributed by atoms with Gasteiger partial charge in [0.05, 0.1) is 13.2 Å². The van der Waals surface area contributed by atoms with Gasteiger partial charge in [0.25, 0.3) is 5.91 Å². The number of aryl methyl sites for hydroxylation is 1. The fraction of sp³-hybridized carbons (Fsp3) is 0.333. The van der Waals surface area contributed by atoms with Crippen molar-refractivity contribution >= 4 is 17.7 Å². The van der Waals surface area contributed by atoms with Crippen molar-refractivity contribution in [2.24, 2.45) is 0 Å². The van der Waals surface area contributed by atoms with Gasteiger partial charge in [0.1, 0.15) is 23.1 Å². The molecule has 0 fully saturated rings. The predicted molar refractivity (Wildman–Crippen MR) is 116 cm³/mol. The van der Waals surface area contributed by atoms with Crippen LogP contribution in [0.3, 0.4) is 0 Å². The Morgan fingerprint density at radius 1 is 1.17 bits per heavy atom. The van der Waals surface area contributed by atoms with Gasteiger partial charge in [-0.3, -0.25) is 4.79 Å². The van der Waals surface area contributed by atoms with E-state index in [-0.39, 0.29) is 17.6 Å². The Morgan fingerprint density at radius 2 is 1.90 bits per heavy atom. The van der Waals surface area contributed by atoms with Crippen LogP contribution >= 0.6 is 0 Å². The summed E-state index contributed by atoms with van der Waals surface area (Å²) in [5.74, 6) is 1.25. The van der Waals surface area contributed by atoms with Gasteiger partial charge in [-0.25, -0.2) is 0 Å². The van der Waals surface area contributed by atoms with Crippen molar-refractivity contribution in [3.8, 4) is 17.6 Å². The van der Waals surface area contributed by atoms with Crippen molar-refractivity contribution in [2.75, 3.05) is 12.4 Å². The average molecular weight is 392 g/mol. The minimum absolute atomic E-state index is 0.0307. The largest absolute Gasteiger partial charge is 0.496 e. The Kier molecular flexibility index (Phi) is 7.44. The zero-order chi connectivity index (χ0) is 21.6. The first-order chi connectivity index (χ1) is 13.7. The molecule has 5 heteroatoms. The number of methoxy groups -OCH3 is 1. The Labute approximate surface area is 173 Å². The van der Waals surface area contributed by atoms with Gasteiger partial charge in [-0.05, 0) is 73.7 Å². The number of nitriles is 1. The number of hydrogen-bond donors (Lipinski definition) is 1. The molecule has 0 heterocycles. The minimum Gasteiger partial charge on any atom is -0.496 e. The molecular formula is C24H28N2O3. The van der Waals surface area contributed by atoms with Crippen LogP contribution in [0.4, 0.5) is 5.69 Å². The number of rotatable bonds is 7. The van der Waals surface area contributed by atoms with Crippen LogP contribution in [-0.4, -0.2) is 19.1 Å². The standard InChI is InChI=1S/C24H28N2O3/c1-15(2)22-12-18(17(5)10-23(22)28-6)11-19(14-25)24(27)26-20-8-7-9-21(13-20)29-16(3)4/h7-13,15-16H,1-6H3,(H,26,27)/b19-11-. The molecule has 0 spiro atoms. The Bertz CT molecular complexity index is 953. The molecule has 0 saturated carbocycles. The Morgan fingerprint density at radius 3 is 2.48 bits per heavy atom. The van der Waals surface area contributed by atoms with Crippen LogP contribution in [0.1, 0.15) is 50.3 Å². The molecule has 5 nitrogen and oxygen atoms in total. The van der Waals surface area contributed by atoms with Crippen LogP contribution in [0, 0.1) is 18.3 Å². The van der Waals surface area contributed by atoms with Gasteiger partial charge in [-0.1, -0.05) is 19.9 Å². The lowest BCUT2D eigenvalue weighted by atomic mass is 9.95. The zero-order valence-electron chi connectivity index (χ0n) is 17.9. The maximum absolute atomic E-state index is 12.7. The molecule has 0 aliphatic carbocycles. The first-order valence-corrected chi connectivity index (χ1v) is 9.63. The van der Waals surface area contributed by atoms with E-state index in [9.17, 15) is 10.1 Å². The Hall–Kier alpha value is -3.26. The summed E-state index contributed by atoms with van der Waals surface area (Å²) in [7, 11) is 1.64. The van der Waals surface area contributed by atoms with Gasteiger partial charge in [0.15, 0.2) is 0 Å². The highest BCUT2D eigenvalue weighted by molar-refractivity contribution is 6.09. The second-order valence-electron chi connectivity index (χ2n) is 7.42. The summed E-state index contributed by atoms with van der Waals surface area (Å²) < 4.78 is 11.1. The zero-order valence-corrected chi connectivity index (χ0v) is 17.9. The lowest BCUT2D eigenvalue weighted by Gasteiger charge is -2.15. The number of nitrogens with zero attached hydrogens (tertiary/aromatic N) is 1. The van der Waals surface area contributed by atoms with Crippen LogP contribution < -0.4 is 14.8 Å². The lowest BCUT2D eigenvalue weighted by Crippen LogP contribution is -2.14. The summed E-state index contributed by atoms with van der Waals surface area (Å²) in [5.41, 5.74) is 3.38. The molecule has 2 aromatic rings. The van der Waals surface area contributed by atoms with E-state index in [0.717, 1.165) is 22.4 Å². The van der Waals surface area contributed by atoms with Gasteiger partial charge in [-0.15, -0.1) is 0 Å². The van der Waals surface area contributed by atoms with E-state index in [2.05, 4.69) is 19.2 Å². The van der Waals surface area contributed by atoms with Gasteiger partial charge >= 0.3 is 0 Å². The summed E-state index contributed by atoms with van der Waals surface area (Å²) >= 11 is 0. The molecule has 1 N–H and O–H groups in total. The number of carbonyl (C=O) groups excluding carboxylic acids is 1. The maximum Gasteiger partial charge on any atom is 0.266 e. The highest BCUT2D eigenvalue weighted by Crippen LogP contribution is 2.30. The first-order valence-electron chi connectivity index (χ1n) is 9.63. The van der Waals surface area contributed by atoms with Crippen LogP contribution in [0.2, 0.25) is 0 Å². The molecule has 0 unspecified atom stereocenters. The quantitative estimate of drug-likeness (QED) is 0.502. The van der Waals surface area contributed by atoms with Crippen molar-refractivity contribution in [3.05, 3.63) is 58.7 Å². The van der Waals surface area contributed by atoms with Crippen LogP contribution in [0.5, 0.6) is 11.5 Å². The summed E-state index contributed by atoms with van der Waals surface area (Å²) in [6.45, 7) is 9.95. The van der Waals surface area contributed by atoms with Crippen LogP contribution in [-0.2, 0) is 4.79 Å². The Balaban J connectivity index is 2.32.